The summed E-state index contributed by atoms with van der Waals surface area (Å²) < 4.78 is 6.04. The topological polar surface area (TPSA) is 59.2 Å². The molecule has 0 N–H and O–H groups in total. The fourth-order valence-electron chi connectivity index (χ4n) is 3.63. The van der Waals surface area contributed by atoms with E-state index in [1.54, 1.807) is 12.3 Å². The molecule has 0 spiro atoms. The van der Waals surface area contributed by atoms with Gasteiger partial charge in [-0.1, -0.05) is 35.9 Å². The Balaban J connectivity index is 1.56. The SMILES string of the molecule is Cc1cccc(C(=O)N2CCCCC2c2ncc(Cc3ccccc3Cl)o2)n1. The standard InChI is InChI=1S/C22H22ClN3O2/c1-15-7-6-10-19(25-15)22(27)26-12-5-4-11-20(26)21-24-14-17(28-21)13-16-8-2-3-9-18(16)23/h2-3,6-10,14,20H,4-5,11-13H2,1H3. The van der Waals surface area contributed by atoms with Crippen molar-refractivity contribution in [3.05, 3.63) is 82.3 Å². The quantitative estimate of drug-likeness (QED) is 0.624. The molecule has 0 aliphatic carbocycles. The number of likely N-dealkylation sites (tertiary alicyclic amines) is 1. The summed E-state index contributed by atoms with van der Waals surface area (Å²) in [7, 11) is 0. The van der Waals surface area contributed by atoms with E-state index in [2.05, 4.69) is 9.97 Å². The number of nitrogens with zero attached hydrogens (tertiary/aromatic N) is 3. The van der Waals surface area contributed by atoms with Gasteiger partial charge in [-0.05, 0) is 49.9 Å². The van der Waals surface area contributed by atoms with E-state index in [-0.39, 0.29) is 11.9 Å². The maximum Gasteiger partial charge on any atom is 0.273 e. The molecule has 1 amide bonds. The number of hydrogen-bond acceptors (Lipinski definition) is 4. The molecule has 1 fully saturated rings. The number of halogens is 1. The van der Waals surface area contributed by atoms with Crippen LogP contribution in [0, 0.1) is 6.92 Å². The van der Waals surface area contributed by atoms with Crippen molar-refractivity contribution in [3.63, 3.8) is 0 Å². The Morgan fingerprint density at radius 1 is 1.21 bits per heavy atom. The third-order valence-electron chi connectivity index (χ3n) is 5.05. The van der Waals surface area contributed by atoms with Crippen LogP contribution in [0.3, 0.4) is 0 Å². The number of hydrogen-bond donors (Lipinski definition) is 0. The smallest absolute Gasteiger partial charge is 0.273 e. The highest BCUT2D eigenvalue weighted by Gasteiger charge is 2.32. The van der Waals surface area contributed by atoms with Crippen LogP contribution in [-0.2, 0) is 6.42 Å². The van der Waals surface area contributed by atoms with Crippen LogP contribution in [0.4, 0.5) is 0 Å². The van der Waals surface area contributed by atoms with Gasteiger partial charge < -0.3 is 9.32 Å². The Hall–Kier alpha value is -2.66. The van der Waals surface area contributed by atoms with E-state index >= 15 is 0 Å². The largest absolute Gasteiger partial charge is 0.443 e. The lowest BCUT2D eigenvalue weighted by Gasteiger charge is -2.33. The third kappa shape index (κ3) is 3.94. The molecular formula is C22H22ClN3O2. The summed E-state index contributed by atoms with van der Waals surface area (Å²) in [6, 6.07) is 13.1. The number of aromatic nitrogens is 2. The fraction of sp³-hybridized carbons (Fsp3) is 0.318. The predicted molar refractivity (Wildman–Crippen MR) is 107 cm³/mol. The van der Waals surface area contributed by atoms with Gasteiger partial charge in [0.25, 0.3) is 5.91 Å². The van der Waals surface area contributed by atoms with Crippen LogP contribution in [-0.4, -0.2) is 27.3 Å². The van der Waals surface area contributed by atoms with Crippen LogP contribution >= 0.6 is 11.6 Å². The summed E-state index contributed by atoms with van der Waals surface area (Å²) in [5, 5.41) is 0.709. The van der Waals surface area contributed by atoms with E-state index in [0.29, 0.717) is 29.6 Å². The predicted octanol–water partition coefficient (Wildman–Crippen LogP) is 4.99. The molecule has 3 heterocycles. The van der Waals surface area contributed by atoms with Gasteiger partial charge in [-0.2, -0.15) is 0 Å². The summed E-state index contributed by atoms with van der Waals surface area (Å²) in [5.41, 5.74) is 2.29. The van der Waals surface area contributed by atoms with Crippen LogP contribution in [0.5, 0.6) is 0 Å². The van der Waals surface area contributed by atoms with Gasteiger partial charge in [0.2, 0.25) is 5.89 Å². The van der Waals surface area contributed by atoms with E-state index in [1.807, 2.05) is 48.2 Å². The molecule has 28 heavy (non-hydrogen) atoms. The zero-order chi connectivity index (χ0) is 19.5. The normalized spacial score (nSPS) is 16.9. The molecule has 1 aliphatic heterocycles. The van der Waals surface area contributed by atoms with Crippen molar-refractivity contribution in [3.8, 4) is 0 Å². The van der Waals surface area contributed by atoms with Crippen molar-refractivity contribution >= 4 is 17.5 Å². The summed E-state index contributed by atoms with van der Waals surface area (Å²) in [4.78, 5) is 23.8. The van der Waals surface area contributed by atoms with Crippen molar-refractivity contribution in [2.75, 3.05) is 6.54 Å². The summed E-state index contributed by atoms with van der Waals surface area (Å²) in [5.74, 6) is 1.26. The molecule has 2 aromatic heterocycles. The van der Waals surface area contributed by atoms with E-state index in [0.717, 1.165) is 36.3 Å². The fourth-order valence-corrected chi connectivity index (χ4v) is 3.83. The van der Waals surface area contributed by atoms with Crippen molar-refractivity contribution in [2.24, 2.45) is 0 Å². The maximum absolute atomic E-state index is 13.1. The minimum Gasteiger partial charge on any atom is -0.443 e. The first-order valence-electron chi connectivity index (χ1n) is 9.54. The lowest BCUT2D eigenvalue weighted by Crippen LogP contribution is -2.39. The molecule has 1 aromatic carbocycles. The first kappa shape index (κ1) is 18.7. The number of rotatable bonds is 4. The molecule has 0 bridgehead atoms. The zero-order valence-electron chi connectivity index (χ0n) is 15.8. The molecule has 1 aliphatic rings. The number of pyridine rings is 1. The van der Waals surface area contributed by atoms with Gasteiger partial charge in [-0.15, -0.1) is 0 Å². The molecule has 1 unspecified atom stereocenters. The molecule has 6 heteroatoms. The lowest BCUT2D eigenvalue weighted by molar-refractivity contribution is 0.0563. The Morgan fingerprint density at radius 2 is 2.07 bits per heavy atom. The number of amides is 1. The van der Waals surface area contributed by atoms with Crippen molar-refractivity contribution in [1.29, 1.82) is 0 Å². The van der Waals surface area contributed by atoms with Crippen molar-refractivity contribution in [1.82, 2.24) is 14.9 Å². The average Bonchev–Trinajstić information content (AvgIpc) is 3.18. The van der Waals surface area contributed by atoms with Gasteiger partial charge in [0.15, 0.2) is 0 Å². The minimum atomic E-state index is -0.163. The number of carbonyl (C=O) groups excluding carboxylic acids is 1. The van der Waals surface area contributed by atoms with Crippen LogP contribution in [0.2, 0.25) is 5.02 Å². The second kappa shape index (κ2) is 8.15. The second-order valence-electron chi connectivity index (χ2n) is 7.11. The number of aryl methyl sites for hydroxylation is 1. The number of carbonyl (C=O) groups is 1. The van der Waals surface area contributed by atoms with Crippen LogP contribution in [0.25, 0.3) is 0 Å². The molecule has 1 atom stereocenters. The van der Waals surface area contributed by atoms with E-state index < -0.39 is 0 Å². The van der Waals surface area contributed by atoms with Gasteiger partial charge in [0.05, 0.1) is 6.20 Å². The minimum absolute atomic E-state index is 0.0701. The molecule has 144 valence electrons. The number of benzene rings is 1. The van der Waals surface area contributed by atoms with Gasteiger partial charge in [0, 0.05) is 23.7 Å². The van der Waals surface area contributed by atoms with Crippen LogP contribution in [0.1, 0.15) is 58.7 Å². The van der Waals surface area contributed by atoms with Gasteiger partial charge >= 0.3 is 0 Å². The third-order valence-corrected chi connectivity index (χ3v) is 5.42. The van der Waals surface area contributed by atoms with E-state index in [1.165, 1.54) is 0 Å². The molecule has 3 aromatic rings. The van der Waals surface area contributed by atoms with E-state index in [4.69, 9.17) is 16.0 Å². The highest BCUT2D eigenvalue weighted by atomic mass is 35.5. The number of oxazole rings is 1. The lowest BCUT2D eigenvalue weighted by atomic mass is 10.0. The second-order valence-corrected chi connectivity index (χ2v) is 7.51. The van der Waals surface area contributed by atoms with Gasteiger partial charge in [-0.3, -0.25) is 4.79 Å². The average molecular weight is 396 g/mol. The Kier molecular flexibility index (Phi) is 5.44. The molecule has 4 rings (SSSR count). The van der Waals surface area contributed by atoms with Crippen molar-refractivity contribution < 1.29 is 9.21 Å². The molecule has 0 radical (unpaired) electrons. The molecular weight excluding hydrogens is 374 g/mol. The maximum atomic E-state index is 13.1. The monoisotopic (exact) mass is 395 g/mol. The molecule has 0 saturated carbocycles. The van der Waals surface area contributed by atoms with Gasteiger partial charge in [-0.25, -0.2) is 9.97 Å². The summed E-state index contributed by atoms with van der Waals surface area (Å²) >= 11 is 6.25. The summed E-state index contributed by atoms with van der Waals surface area (Å²) in [6.07, 6.45) is 5.16. The molecule has 5 nitrogen and oxygen atoms in total. The van der Waals surface area contributed by atoms with E-state index in [9.17, 15) is 4.79 Å². The highest BCUT2D eigenvalue weighted by molar-refractivity contribution is 6.31. The summed E-state index contributed by atoms with van der Waals surface area (Å²) in [6.45, 7) is 2.57. The van der Waals surface area contributed by atoms with Crippen LogP contribution in [0.15, 0.2) is 53.1 Å². The Labute approximate surface area is 169 Å². The van der Waals surface area contributed by atoms with Crippen LogP contribution < -0.4 is 0 Å². The van der Waals surface area contributed by atoms with Crippen molar-refractivity contribution in [2.45, 2.75) is 38.6 Å². The first-order valence-corrected chi connectivity index (χ1v) is 9.92. The van der Waals surface area contributed by atoms with Gasteiger partial charge in [0.1, 0.15) is 17.5 Å². The Bertz CT molecular complexity index is 985. The molecule has 1 saturated heterocycles. The zero-order valence-corrected chi connectivity index (χ0v) is 16.5. The number of piperidine rings is 1. The Morgan fingerprint density at radius 3 is 2.89 bits per heavy atom. The first-order chi connectivity index (χ1) is 13.6. The highest BCUT2D eigenvalue weighted by Crippen LogP contribution is 2.32.